The van der Waals surface area contributed by atoms with Gasteiger partial charge in [-0.25, -0.2) is 18.9 Å². The van der Waals surface area contributed by atoms with Crippen molar-refractivity contribution < 1.29 is 22.4 Å². The highest BCUT2D eigenvalue weighted by Gasteiger charge is 2.35. The van der Waals surface area contributed by atoms with E-state index < -0.39 is 23.6 Å². The van der Waals surface area contributed by atoms with Crippen molar-refractivity contribution in [1.29, 1.82) is 0 Å². The normalized spacial score (nSPS) is 11.8. The lowest BCUT2D eigenvalue weighted by Crippen LogP contribution is -2.15. The highest BCUT2D eigenvalue weighted by atomic mass is 32.1. The van der Waals surface area contributed by atoms with E-state index in [9.17, 15) is 22.4 Å². The number of rotatable bonds is 4. The quantitative estimate of drug-likeness (QED) is 0.234. The number of aryl methyl sites for hydroxylation is 1. The van der Waals surface area contributed by atoms with Gasteiger partial charge in [-0.15, -0.1) is 11.3 Å². The van der Waals surface area contributed by atoms with Gasteiger partial charge < -0.3 is 5.32 Å². The smallest absolute Gasteiger partial charge is 0.321 e. The molecular weight excluding hydrogens is 530 g/mol. The second-order valence-electron chi connectivity index (χ2n) is 8.85. The number of nitrogens with zero attached hydrogens (tertiary/aromatic N) is 4. The minimum atomic E-state index is -4.77. The predicted octanol–water partition coefficient (Wildman–Crippen LogP) is 7.39. The summed E-state index contributed by atoms with van der Waals surface area (Å²) in [5.41, 5.74) is 2.10. The van der Waals surface area contributed by atoms with Crippen molar-refractivity contribution in [2.45, 2.75) is 13.1 Å². The van der Waals surface area contributed by atoms with Gasteiger partial charge in [-0.1, -0.05) is 6.07 Å². The minimum absolute atomic E-state index is 0.0257. The van der Waals surface area contributed by atoms with Crippen LogP contribution in [0.25, 0.3) is 37.7 Å². The molecule has 6 rings (SSSR count). The molecule has 0 aliphatic carbocycles. The standard InChI is InChI=1S/C28H17F4N5OS/c1-15-2-11-20-23(12-15)39-27(35-20)17-5-9-19(10-6-17)33-26(38)22-14-25-34-21(16-3-7-18(29)8-4-16)13-24(28(30,31)32)37(25)36-22/h2-14H,1H3,(H,33,38). The van der Waals surface area contributed by atoms with Crippen molar-refractivity contribution in [2.24, 2.45) is 0 Å². The van der Waals surface area contributed by atoms with Crippen LogP contribution < -0.4 is 5.32 Å². The molecule has 1 amide bonds. The number of anilines is 1. The number of alkyl halides is 3. The predicted molar refractivity (Wildman–Crippen MR) is 141 cm³/mol. The summed E-state index contributed by atoms with van der Waals surface area (Å²) in [5, 5.41) is 7.36. The molecule has 0 atom stereocenters. The van der Waals surface area contributed by atoms with Gasteiger partial charge in [0, 0.05) is 22.9 Å². The van der Waals surface area contributed by atoms with E-state index in [0.29, 0.717) is 15.8 Å². The third-order valence-corrected chi connectivity index (χ3v) is 7.09. The molecule has 11 heteroatoms. The number of hydrogen-bond acceptors (Lipinski definition) is 5. The van der Waals surface area contributed by atoms with Crippen molar-refractivity contribution in [3.05, 3.63) is 102 Å². The third kappa shape index (κ3) is 4.84. The lowest BCUT2D eigenvalue weighted by Gasteiger charge is -2.11. The van der Waals surface area contributed by atoms with Crippen LogP contribution in [0, 0.1) is 12.7 Å². The third-order valence-electron chi connectivity index (χ3n) is 6.02. The van der Waals surface area contributed by atoms with Crippen LogP contribution >= 0.6 is 11.3 Å². The highest BCUT2D eigenvalue weighted by molar-refractivity contribution is 7.21. The first-order valence-electron chi connectivity index (χ1n) is 11.7. The number of hydrogen-bond donors (Lipinski definition) is 1. The topological polar surface area (TPSA) is 72.2 Å². The Balaban J connectivity index is 1.28. The second kappa shape index (κ2) is 9.28. The van der Waals surface area contributed by atoms with E-state index in [1.54, 1.807) is 23.5 Å². The highest BCUT2D eigenvalue weighted by Crippen LogP contribution is 2.33. The fraction of sp³-hybridized carbons (Fsp3) is 0.0714. The lowest BCUT2D eigenvalue weighted by molar-refractivity contribution is -0.142. The Morgan fingerprint density at radius 2 is 1.62 bits per heavy atom. The number of nitrogens with one attached hydrogen (secondary N) is 1. The van der Waals surface area contributed by atoms with Crippen LogP contribution in [-0.2, 0) is 6.18 Å². The Morgan fingerprint density at radius 1 is 0.897 bits per heavy atom. The van der Waals surface area contributed by atoms with Gasteiger partial charge in [-0.2, -0.15) is 18.3 Å². The zero-order valence-electron chi connectivity index (χ0n) is 20.1. The van der Waals surface area contributed by atoms with Crippen molar-refractivity contribution in [2.75, 3.05) is 5.32 Å². The summed E-state index contributed by atoms with van der Waals surface area (Å²) in [7, 11) is 0. The van der Waals surface area contributed by atoms with Gasteiger partial charge in [-0.3, -0.25) is 4.79 Å². The molecule has 39 heavy (non-hydrogen) atoms. The van der Waals surface area contributed by atoms with E-state index in [2.05, 4.69) is 26.4 Å². The van der Waals surface area contributed by atoms with Gasteiger partial charge in [-0.05, 0) is 79.2 Å². The summed E-state index contributed by atoms with van der Waals surface area (Å²) in [6, 6.07) is 19.9. The average Bonchev–Trinajstić information content (AvgIpc) is 3.52. The molecule has 194 valence electrons. The summed E-state index contributed by atoms with van der Waals surface area (Å²) in [6.45, 7) is 2.02. The number of carbonyl (C=O) groups excluding carboxylic acids is 1. The van der Waals surface area contributed by atoms with Crippen LogP contribution in [0.1, 0.15) is 21.7 Å². The summed E-state index contributed by atoms with van der Waals surface area (Å²) in [6.07, 6.45) is -4.77. The van der Waals surface area contributed by atoms with Gasteiger partial charge in [0.1, 0.15) is 10.8 Å². The molecule has 3 aromatic heterocycles. The van der Waals surface area contributed by atoms with E-state index in [0.717, 1.165) is 44.6 Å². The number of fused-ring (bicyclic) bond motifs is 2. The van der Waals surface area contributed by atoms with Crippen LogP contribution in [-0.4, -0.2) is 25.5 Å². The Bertz CT molecular complexity index is 1860. The first kappa shape index (κ1) is 24.7. The number of halogens is 4. The molecule has 3 aromatic carbocycles. The molecule has 0 spiro atoms. The van der Waals surface area contributed by atoms with E-state index >= 15 is 0 Å². The molecule has 0 aliphatic heterocycles. The molecular formula is C28H17F4N5OS. The van der Waals surface area contributed by atoms with E-state index in [-0.39, 0.29) is 17.0 Å². The minimum Gasteiger partial charge on any atom is -0.321 e. The van der Waals surface area contributed by atoms with Crippen molar-refractivity contribution in [3.63, 3.8) is 0 Å². The molecule has 0 fully saturated rings. The van der Waals surface area contributed by atoms with Gasteiger partial charge in [0.25, 0.3) is 5.91 Å². The largest absolute Gasteiger partial charge is 0.433 e. The van der Waals surface area contributed by atoms with E-state index in [1.807, 2.05) is 31.2 Å². The number of benzene rings is 3. The van der Waals surface area contributed by atoms with Crippen LogP contribution in [0.5, 0.6) is 0 Å². The molecule has 0 saturated heterocycles. The van der Waals surface area contributed by atoms with Crippen LogP contribution in [0.2, 0.25) is 0 Å². The zero-order chi connectivity index (χ0) is 27.3. The molecule has 0 radical (unpaired) electrons. The molecule has 0 bridgehead atoms. The number of aromatic nitrogens is 4. The molecule has 6 aromatic rings. The van der Waals surface area contributed by atoms with Crippen LogP contribution in [0.3, 0.4) is 0 Å². The fourth-order valence-corrected chi connectivity index (χ4v) is 5.17. The van der Waals surface area contributed by atoms with Crippen molar-refractivity contribution in [1.82, 2.24) is 19.6 Å². The van der Waals surface area contributed by atoms with Gasteiger partial charge >= 0.3 is 6.18 Å². The van der Waals surface area contributed by atoms with E-state index in [4.69, 9.17) is 0 Å². The summed E-state index contributed by atoms with van der Waals surface area (Å²) < 4.78 is 56.5. The Kier molecular flexibility index (Phi) is 5.87. The lowest BCUT2D eigenvalue weighted by atomic mass is 10.1. The van der Waals surface area contributed by atoms with Crippen LogP contribution in [0.15, 0.2) is 78.9 Å². The molecule has 1 N–H and O–H groups in total. The number of amides is 1. The van der Waals surface area contributed by atoms with Crippen LogP contribution in [0.4, 0.5) is 23.2 Å². The molecule has 0 aliphatic rings. The van der Waals surface area contributed by atoms with Crippen molar-refractivity contribution in [3.8, 4) is 21.8 Å². The Morgan fingerprint density at radius 3 is 2.33 bits per heavy atom. The summed E-state index contributed by atoms with van der Waals surface area (Å²) in [4.78, 5) is 21.8. The monoisotopic (exact) mass is 547 g/mol. The summed E-state index contributed by atoms with van der Waals surface area (Å²) >= 11 is 1.56. The maximum absolute atomic E-state index is 13.8. The van der Waals surface area contributed by atoms with Gasteiger partial charge in [0.2, 0.25) is 0 Å². The van der Waals surface area contributed by atoms with Gasteiger partial charge in [0.15, 0.2) is 17.0 Å². The number of carbonyl (C=O) groups is 1. The van der Waals surface area contributed by atoms with Crippen molar-refractivity contribution >= 4 is 38.8 Å². The van der Waals surface area contributed by atoms with E-state index in [1.165, 1.54) is 18.2 Å². The Hall–Kier alpha value is -4.64. The maximum atomic E-state index is 13.8. The maximum Gasteiger partial charge on any atom is 0.433 e. The zero-order valence-corrected chi connectivity index (χ0v) is 20.9. The molecule has 3 heterocycles. The first-order valence-corrected chi connectivity index (χ1v) is 12.5. The average molecular weight is 548 g/mol. The fourth-order valence-electron chi connectivity index (χ4n) is 4.10. The molecule has 0 saturated carbocycles. The first-order chi connectivity index (χ1) is 18.6. The second-order valence-corrected chi connectivity index (χ2v) is 9.88. The molecule has 6 nitrogen and oxygen atoms in total. The van der Waals surface area contributed by atoms with Gasteiger partial charge in [0.05, 0.1) is 15.9 Å². The molecule has 0 unspecified atom stereocenters. The SMILES string of the molecule is Cc1ccc2nc(-c3ccc(NC(=O)c4cc5nc(-c6ccc(F)cc6)cc(C(F)(F)F)n5n4)cc3)sc2c1. The summed E-state index contributed by atoms with van der Waals surface area (Å²) in [5.74, 6) is -1.22. The Labute approximate surface area is 222 Å². The number of thiazole rings is 1.